The highest BCUT2D eigenvalue weighted by Gasteiger charge is 2.27. The van der Waals surface area contributed by atoms with E-state index in [-0.39, 0.29) is 5.56 Å². The van der Waals surface area contributed by atoms with E-state index in [4.69, 9.17) is 5.11 Å². The monoisotopic (exact) mass is 330 g/mol. The SMILES string of the molecule is O=C(NNC(=O)c1cccc([N+](=O)[O-])c1C(=O)O)c1ccncc1. The summed E-state index contributed by atoms with van der Waals surface area (Å²) in [6.07, 6.45) is 2.75. The quantitative estimate of drug-likeness (QED) is 0.553. The number of rotatable bonds is 4. The molecule has 1 aromatic heterocycles. The van der Waals surface area contributed by atoms with Crippen molar-refractivity contribution in [1.82, 2.24) is 15.8 Å². The summed E-state index contributed by atoms with van der Waals surface area (Å²) in [5.74, 6) is -3.29. The van der Waals surface area contributed by atoms with E-state index in [9.17, 15) is 24.5 Å². The van der Waals surface area contributed by atoms with Crippen molar-refractivity contribution in [3.05, 3.63) is 69.5 Å². The van der Waals surface area contributed by atoms with Crippen LogP contribution in [0.15, 0.2) is 42.7 Å². The Morgan fingerprint density at radius 1 is 1.04 bits per heavy atom. The Kier molecular flexibility index (Phi) is 4.80. The predicted molar refractivity (Wildman–Crippen MR) is 79.2 cm³/mol. The van der Waals surface area contributed by atoms with Gasteiger partial charge in [-0.15, -0.1) is 0 Å². The fourth-order valence-electron chi connectivity index (χ4n) is 1.86. The average molecular weight is 330 g/mol. The number of carboxylic acids is 1. The van der Waals surface area contributed by atoms with E-state index >= 15 is 0 Å². The molecule has 0 unspecified atom stereocenters. The summed E-state index contributed by atoms with van der Waals surface area (Å²) >= 11 is 0. The first-order valence-electron chi connectivity index (χ1n) is 6.43. The summed E-state index contributed by atoms with van der Waals surface area (Å²) in [6, 6.07) is 6.04. The molecule has 0 aliphatic carbocycles. The molecular weight excluding hydrogens is 320 g/mol. The van der Waals surface area contributed by atoms with Crippen molar-refractivity contribution in [3.8, 4) is 0 Å². The van der Waals surface area contributed by atoms with Gasteiger partial charge in [0.15, 0.2) is 0 Å². The van der Waals surface area contributed by atoms with Gasteiger partial charge in [-0.05, 0) is 18.2 Å². The number of aromatic carboxylic acids is 1. The molecule has 0 aliphatic heterocycles. The number of amides is 2. The van der Waals surface area contributed by atoms with Crippen LogP contribution in [0.4, 0.5) is 5.69 Å². The molecule has 0 aliphatic rings. The lowest BCUT2D eigenvalue weighted by atomic mass is 10.1. The third kappa shape index (κ3) is 3.50. The Morgan fingerprint density at radius 2 is 1.67 bits per heavy atom. The first kappa shape index (κ1) is 16.5. The summed E-state index contributed by atoms with van der Waals surface area (Å²) in [5.41, 5.74) is 2.36. The number of nitro benzene ring substituents is 1. The first-order valence-corrected chi connectivity index (χ1v) is 6.43. The van der Waals surface area contributed by atoms with E-state index in [0.717, 1.165) is 12.1 Å². The number of carbonyl (C=O) groups excluding carboxylic acids is 2. The Hall–Kier alpha value is -3.82. The summed E-state index contributed by atoms with van der Waals surface area (Å²) in [7, 11) is 0. The van der Waals surface area contributed by atoms with E-state index in [1.807, 2.05) is 5.43 Å². The summed E-state index contributed by atoms with van der Waals surface area (Å²) in [6.45, 7) is 0. The molecule has 0 atom stereocenters. The van der Waals surface area contributed by atoms with Gasteiger partial charge in [-0.25, -0.2) is 4.79 Å². The van der Waals surface area contributed by atoms with Crippen LogP contribution in [0.1, 0.15) is 31.1 Å². The van der Waals surface area contributed by atoms with Gasteiger partial charge in [-0.2, -0.15) is 0 Å². The minimum atomic E-state index is -1.63. The second kappa shape index (κ2) is 6.96. The molecule has 0 bridgehead atoms. The zero-order chi connectivity index (χ0) is 17.7. The zero-order valence-corrected chi connectivity index (χ0v) is 11.9. The van der Waals surface area contributed by atoms with Crippen molar-refractivity contribution < 1.29 is 24.4 Å². The topological polar surface area (TPSA) is 152 Å². The van der Waals surface area contributed by atoms with Gasteiger partial charge in [0.2, 0.25) is 0 Å². The van der Waals surface area contributed by atoms with Gasteiger partial charge in [0.1, 0.15) is 5.56 Å². The largest absolute Gasteiger partial charge is 0.477 e. The highest BCUT2D eigenvalue weighted by Crippen LogP contribution is 2.22. The molecule has 10 nitrogen and oxygen atoms in total. The zero-order valence-electron chi connectivity index (χ0n) is 11.9. The maximum Gasteiger partial charge on any atom is 0.343 e. The minimum Gasteiger partial charge on any atom is -0.477 e. The van der Waals surface area contributed by atoms with Crippen LogP contribution >= 0.6 is 0 Å². The number of carbonyl (C=O) groups is 3. The number of benzene rings is 1. The molecule has 0 saturated carbocycles. The van der Waals surface area contributed by atoms with Gasteiger partial charge in [-0.1, -0.05) is 6.07 Å². The number of hydrogen-bond acceptors (Lipinski definition) is 6. The number of hydrogen-bond donors (Lipinski definition) is 3. The van der Waals surface area contributed by atoms with Crippen LogP contribution in [0.5, 0.6) is 0 Å². The fourth-order valence-corrected chi connectivity index (χ4v) is 1.86. The van der Waals surface area contributed by atoms with Crippen molar-refractivity contribution in [1.29, 1.82) is 0 Å². The van der Waals surface area contributed by atoms with Gasteiger partial charge in [0.25, 0.3) is 17.5 Å². The van der Waals surface area contributed by atoms with Crippen LogP contribution in [-0.2, 0) is 0 Å². The number of carboxylic acid groups (broad SMARTS) is 1. The number of nitro groups is 1. The minimum absolute atomic E-state index is 0.211. The number of nitrogens with one attached hydrogen (secondary N) is 2. The number of pyridine rings is 1. The average Bonchev–Trinajstić information content (AvgIpc) is 2.59. The third-order valence-corrected chi connectivity index (χ3v) is 2.93. The van der Waals surface area contributed by atoms with Crippen molar-refractivity contribution in [2.75, 3.05) is 0 Å². The molecule has 1 aromatic carbocycles. The second-order valence-corrected chi connectivity index (χ2v) is 4.41. The molecule has 3 N–H and O–H groups in total. The van der Waals surface area contributed by atoms with Gasteiger partial charge in [0, 0.05) is 24.0 Å². The molecule has 1 heterocycles. The Bertz CT molecular complexity index is 821. The van der Waals surface area contributed by atoms with Gasteiger partial charge in [-0.3, -0.25) is 35.5 Å². The lowest BCUT2D eigenvalue weighted by Gasteiger charge is -2.09. The number of hydrazine groups is 1. The normalized spacial score (nSPS) is 9.83. The lowest BCUT2D eigenvalue weighted by Crippen LogP contribution is -2.42. The van der Waals surface area contributed by atoms with Crippen molar-refractivity contribution in [3.63, 3.8) is 0 Å². The van der Waals surface area contributed by atoms with Crippen molar-refractivity contribution in [2.45, 2.75) is 0 Å². The smallest absolute Gasteiger partial charge is 0.343 e. The Morgan fingerprint density at radius 3 is 2.25 bits per heavy atom. The maximum atomic E-state index is 12.1. The molecule has 0 saturated heterocycles. The molecule has 0 radical (unpaired) electrons. The van der Waals surface area contributed by atoms with Crippen LogP contribution < -0.4 is 10.9 Å². The maximum absolute atomic E-state index is 12.1. The van der Waals surface area contributed by atoms with Crippen LogP contribution in [0.2, 0.25) is 0 Å². The van der Waals surface area contributed by atoms with Gasteiger partial charge < -0.3 is 5.11 Å². The van der Waals surface area contributed by atoms with E-state index in [1.54, 1.807) is 0 Å². The van der Waals surface area contributed by atoms with E-state index in [1.165, 1.54) is 30.6 Å². The molecule has 0 fully saturated rings. The molecule has 2 rings (SSSR count). The highest BCUT2D eigenvalue weighted by molar-refractivity contribution is 6.08. The van der Waals surface area contributed by atoms with Gasteiger partial charge in [0.05, 0.1) is 10.5 Å². The summed E-state index contributed by atoms with van der Waals surface area (Å²) in [5, 5.41) is 20.0. The predicted octanol–water partition coefficient (Wildman–Crippen LogP) is 0.763. The molecule has 122 valence electrons. The molecule has 2 aromatic rings. The molecule has 10 heteroatoms. The molecule has 0 spiro atoms. The van der Waals surface area contributed by atoms with Crippen molar-refractivity contribution in [2.24, 2.45) is 0 Å². The van der Waals surface area contributed by atoms with Crippen molar-refractivity contribution >= 4 is 23.5 Å². The summed E-state index contributed by atoms with van der Waals surface area (Å²) in [4.78, 5) is 48.8. The van der Waals surface area contributed by atoms with Crippen LogP contribution in [0, 0.1) is 10.1 Å². The number of nitrogens with zero attached hydrogens (tertiary/aromatic N) is 2. The van der Waals surface area contributed by atoms with Gasteiger partial charge >= 0.3 is 5.97 Å². The summed E-state index contributed by atoms with van der Waals surface area (Å²) < 4.78 is 0. The first-order chi connectivity index (χ1) is 11.4. The third-order valence-electron chi connectivity index (χ3n) is 2.93. The number of aromatic nitrogens is 1. The lowest BCUT2D eigenvalue weighted by molar-refractivity contribution is -0.385. The van der Waals surface area contributed by atoms with E-state index in [0.29, 0.717) is 0 Å². The highest BCUT2D eigenvalue weighted by atomic mass is 16.6. The second-order valence-electron chi connectivity index (χ2n) is 4.41. The van der Waals surface area contributed by atoms with Crippen LogP contribution in [0.25, 0.3) is 0 Å². The standard InChI is InChI=1S/C14H10N4O6/c19-12(8-4-6-15-7-5-8)16-17-13(20)9-2-1-3-10(18(23)24)11(9)14(21)22/h1-7H,(H,16,19)(H,17,20)(H,21,22). The fraction of sp³-hybridized carbons (Fsp3) is 0. The Labute approximate surface area is 134 Å². The Balaban J connectivity index is 2.21. The molecule has 24 heavy (non-hydrogen) atoms. The molecular formula is C14H10N4O6. The molecule has 2 amide bonds. The van der Waals surface area contributed by atoms with E-state index < -0.39 is 39.5 Å². The van der Waals surface area contributed by atoms with E-state index in [2.05, 4.69) is 10.4 Å². The van der Waals surface area contributed by atoms with Crippen LogP contribution in [0.3, 0.4) is 0 Å². The van der Waals surface area contributed by atoms with Crippen LogP contribution in [-0.4, -0.2) is 32.8 Å².